The van der Waals surface area contributed by atoms with Crippen LogP contribution in [0.1, 0.15) is 32.8 Å². The molecule has 0 spiro atoms. The van der Waals surface area contributed by atoms with Crippen LogP contribution in [-0.2, 0) is 26.7 Å². The van der Waals surface area contributed by atoms with Crippen molar-refractivity contribution in [3.05, 3.63) is 63.1 Å². The molecule has 3 aromatic rings. The smallest absolute Gasteiger partial charge is 0.192 e. The van der Waals surface area contributed by atoms with Gasteiger partial charge in [-0.15, -0.1) is 21.5 Å². The summed E-state index contributed by atoms with van der Waals surface area (Å²) < 4.78 is 1.97. The van der Waals surface area contributed by atoms with Crippen molar-refractivity contribution in [2.24, 2.45) is 12.0 Å². The van der Waals surface area contributed by atoms with Gasteiger partial charge >= 0.3 is 0 Å². The van der Waals surface area contributed by atoms with Crippen molar-refractivity contribution in [1.82, 2.24) is 30.4 Å². The number of aliphatic imine (C=N–C) groups is 1. The number of nitrogens with one attached hydrogen (secondary N) is 2. The maximum absolute atomic E-state index is 4.72. The summed E-state index contributed by atoms with van der Waals surface area (Å²) in [6.45, 7) is 7.86. The Morgan fingerprint density at radius 2 is 1.81 bits per heavy atom. The molecule has 27 heavy (non-hydrogen) atoms. The Kier molecular flexibility index (Phi) is 6.18. The summed E-state index contributed by atoms with van der Waals surface area (Å²) in [5.74, 6) is 2.50. The fraction of sp³-hybridized carbons (Fsp3) is 0.368. The van der Waals surface area contributed by atoms with Gasteiger partial charge in [0.2, 0.25) is 0 Å². The van der Waals surface area contributed by atoms with Crippen molar-refractivity contribution in [2.75, 3.05) is 0 Å². The van der Waals surface area contributed by atoms with Gasteiger partial charge in [0.15, 0.2) is 11.8 Å². The molecule has 8 heteroatoms. The molecule has 2 N–H and O–H groups in total. The van der Waals surface area contributed by atoms with Crippen molar-refractivity contribution in [2.45, 2.75) is 40.4 Å². The average molecular weight is 384 g/mol. The quantitative estimate of drug-likeness (QED) is 0.505. The van der Waals surface area contributed by atoms with Crippen LogP contribution < -0.4 is 10.6 Å². The number of rotatable bonds is 6. The van der Waals surface area contributed by atoms with Gasteiger partial charge in [-0.3, -0.25) is 0 Å². The number of hydrogen-bond acceptors (Lipinski definition) is 5. The highest BCUT2D eigenvalue weighted by molar-refractivity contribution is 7.11. The Balaban J connectivity index is 1.69. The van der Waals surface area contributed by atoms with E-state index in [1.807, 2.05) is 50.6 Å². The second-order valence-corrected chi connectivity index (χ2v) is 7.61. The minimum atomic E-state index is 0.554. The molecule has 0 bridgehead atoms. The van der Waals surface area contributed by atoms with Crippen molar-refractivity contribution in [1.29, 1.82) is 0 Å². The first kappa shape index (κ1) is 19.0. The third-order valence-corrected chi connectivity index (χ3v) is 5.35. The topological polar surface area (TPSA) is 80.0 Å². The molecule has 0 unspecified atom stereocenters. The van der Waals surface area contributed by atoms with Crippen LogP contribution in [0, 0.1) is 20.8 Å². The van der Waals surface area contributed by atoms with Crippen LogP contribution in [0.15, 0.2) is 35.3 Å². The summed E-state index contributed by atoms with van der Waals surface area (Å²) >= 11 is 1.71. The third-order valence-electron chi connectivity index (χ3n) is 4.28. The molecule has 2 heterocycles. The molecule has 142 valence electrons. The summed E-state index contributed by atoms with van der Waals surface area (Å²) in [4.78, 5) is 10.4. The summed E-state index contributed by atoms with van der Waals surface area (Å²) in [6.07, 6.45) is 0. The van der Waals surface area contributed by atoms with Gasteiger partial charge in [-0.1, -0.05) is 30.3 Å². The second-order valence-electron chi connectivity index (χ2n) is 6.32. The van der Waals surface area contributed by atoms with Crippen molar-refractivity contribution >= 4 is 17.3 Å². The lowest BCUT2D eigenvalue weighted by atomic mass is 10.2. The molecule has 0 aliphatic rings. The minimum absolute atomic E-state index is 0.554. The average Bonchev–Trinajstić information content (AvgIpc) is 3.16. The monoisotopic (exact) mass is 383 g/mol. The lowest BCUT2D eigenvalue weighted by Gasteiger charge is -2.12. The van der Waals surface area contributed by atoms with Crippen LogP contribution in [0.25, 0.3) is 0 Å². The fourth-order valence-electron chi connectivity index (χ4n) is 2.60. The standard InChI is InChI=1S/C19H25N7S/c1-13-17(27-15(3)23-13)11-21-19(20-10-16-8-6-5-7-9-16)22-12-18-25-24-14(2)26(18)4/h5-9H,10-12H2,1-4H3,(H2,20,21,22). The molecule has 0 atom stereocenters. The molecule has 1 aromatic carbocycles. The lowest BCUT2D eigenvalue weighted by molar-refractivity contribution is 0.715. The van der Waals surface area contributed by atoms with Crippen molar-refractivity contribution < 1.29 is 0 Å². The van der Waals surface area contributed by atoms with Crippen LogP contribution >= 0.6 is 11.3 Å². The lowest BCUT2D eigenvalue weighted by Crippen LogP contribution is -2.37. The maximum Gasteiger partial charge on any atom is 0.192 e. The van der Waals surface area contributed by atoms with E-state index < -0.39 is 0 Å². The van der Waals surface area contributed by atoms with E-state index in [0.717, 1.165) is 33.9 Å². The zero-order valence-electron chi connectivity index (χ0n) is 16.2. The molecule has 0 radical (unpaired) electrons. The molecule has 0 saturated carbocycles. The van der Waals surface area contributed by atoms with E-state index in [2.05, 4.69) is 37.9 Å². The first-order valence-electron chi connectivity index (χ1n) is 8.87. The number of benzene rings is 1. The molecule has 7 nitrogen and oxygen atoms in total. The van der Waals surface area contributed by atoms with Gasteiger partial charge in [-0.05, 0) is 26.3 Å². The van der Waals surface area contributed by atoms with E-state index in [1.54, 1.807) is 11.3 Å². The van der Waals surface area contributed by atoms with E-state index in [-0.39, 0.29) is 0 Å². The number of aromatic nitrogens is 4. The Hall–Kier alpha value is -2.74. The van der Waals surface area contributed by atoms with Gasteiger partial charge in [-0.2, -0.15) is 0 Å². The van der Waals surface area contributed by atoms with Crippen molar-refractivity contribution in [3.8, 4) is 0 Å². The van der Waals surface area contributed by atoms with Gasteiger partial charge in [-0.25, -0.2) is 9.98 Å². The Morgan fingerprint density at radius 1 is 1.07 bits per heavy atom. The zero-order chi connectivity index (χ0) is 19.2. The van der Waals surface area contributed by atoms with Gasteiger partial charge in [0.05, 0.1) is 30.3 Å². The molecular weight excluding hydrogens is 358 g/mol. The van der Waals surface area contributed by atoms with Gasteiger partial charge < -0.3 is 15.2 Å². The number of aryl methyl sites for hydroxylation is 3. The molecule has 0 aliphatic heterocycles. The van der Waals surface area contributed by atoms with E-state index in [0.29, 0.717) is 19.6 Å². The second kappa shape index (κ2) is 8.77. The Bertz CT molecular complexity index is 904. The highest BCUT2D eigenvalue weighted by Gasteiger charge is 2.09. The summed E-state index contributed by atoms with van der Waals surface area (Å²) in [7, 11) is 1.96. The van der Waals surface area contributed by atoms with Gasteiger partial charge in [0, 0.05) is 11.9 Å². The SMILES string of the molecule is Cc1nc(C)c(CNC(=NCc2ccccc2)NCc2nnc(C)n2C)s1. The predicted molar refractivity (Wildman–Crippen MR) is 109 cm³/mol. The fourth-order valence-corrected chi connectivity index (χ4v) is 3.47. The Labute approximate surface area is 163 Å². The van der Waals surface area contributed by atoms with E-state index in [9.17, 15) is 0 Å². The zero-order valence-corrected chi connectivity index (χ0v) is 17.0. The van der Waals surface area contributed by atoms with Gasteiger partial charge in [0.25, 0.3) is 0 Å². The number of hydrogen-bond donors (Lipinski definition) is 2. The summed E-state index contributed by atoms with van der Waals surface area (Å²) in [5, 5.41) is 16.1. The molecule has 0 fully saturated rings. The normalized spacial score (nSPS) is 11.6. The number of nitrogens with zero attached hydrogens (tertiary/aromatic N) is 5. The molecule has 0 aliphatic carbocycles. The molecule has 0 amide bonds. The number of guanidine groups is 1. The Morgan fingerprint density at radius 3 is 2.44 bits per heavy atom. The van der Waals surface area contributed by atoms with E-state index in [4.69, 9.17) is 4.99 Å². The van der Waals surface area contributed by atoms with E-state index >= 15 is 0 Å². The largest absolute Gasteiger partial charge is 0.351 e. The molecule has 3 rings (SSSR count). The minimum Gasteiger partial charge on any atom is -0.351 e. The number of thiazole rings is 1. The third kappa shape index (κ3) is 5.13. The summed E-state index contributed by atoms with van der Waals surface area (Å²) in [6, 6.07) is 10.2. The van der Waals surface area contributed by atoms with Gasteiger partial charge in [0.1, 0.15) is 5.82 Å². The predicted octanol–water partition coefficient (Wildman–Crippen LogP) is 2.63. The first-order chi connectivity index (χ1) is 13.0. The van der Waals surface area contributed by atoms with Crippen LogP contribution in [0.2, 0.25) is 0 Å². The van der Waals surface area contributed by atoms with Crippen LogP contribution in [-0.4, -0.2) is 25.7 Å². The molecular formula is C19H25N7S. The highest BCUT2D eigenvalue weighted by atomic mass is 32.1. The van der Waals surface area contributed by atoms with Crippen LogP contribution in [0.5, 0.6) is 0 Å². The van der Waals surface area contributed by atoms with Crippen LogP contribution in [0.3, 0.4) is 0 Å². The molecule has 0 saturated heterocycles. The van der Waals surface area contributed by atoms with Crippen LogP contribution in [0.4, 0.5) is 0 Å². The first-order valence-corrected chi connectivity index (χ1v) is 9.68. The highest BCUT2D eigenvalue weighted by Crippen LogP contribution is 2.16. The van der Waals surface area contributed by atoms with Crippen molar-refractivity contribution in [3.63, 3.8) is 0 Å². The maximum atomic E-state index is 4.72. The molecule has 2 aromatic heterocycles. The summed E-state index contributed by atoms with van der Waals surface area (Å²) in [5.41, 5.74) is 2.23. The van der Waals surface area contributed by atoms with E-state index in [1.165, 1.54) is 4.88 Å².